The van der Waals surface area contributed by atoms with Gasteiger partial charge in [-0.25, -0.2) is 0 Å². The Labute approximate surface area is 107 Å². The molecule has 90 valence electrons. The maximum Gasteiger partial charge on any atom is 0.119 e. The maximum atomic E-state index is 5.68. The van der Waals surface area contributed by atoms with Gasteiger partial charge in [-0.3, -0.25) is 0 Å². The van der Waals surface area contributed by atoms with Gasteiger partial charge in [0.05, 0.1) is 6.54 Å². The number of ether oxygens (including phenoxy) is 1. The predicted octanol–water partition coefficient (Wildman–Crippen LogP) is 2.58. The van der Waals surface area contributed by atoms with Gasteiger partial charge in [0.2, 0.25) is 0 Å². The molecule has 0 saturated heterocycles. The average molecular weight is 237 g/mol. The second-order valence-corrected chi connectivity index (χ2v) is 3.81. The summed E-state index contributed by atoms with van der Waals surface area (Å²) in [5, 5.41) is 0. The van der Waals surface area contributed by atoms with E-state index in [1.54, 1.807) is 0 Å². The van der Waals surface area contributed by atoms with Gasteiger partial charge in [0.1, 0.15) is 12.4 Å². The van der Waals surface area contributed by atoms with Gasteiger partial charge in [-0.2, -0.15) is 0 Å². The molecule has 0 radical (unpaired) electrons. The van der Waals surface area contributed by atoms with Gasteiger partial charge >= 0.3 is 0 Å². The van der Waals surface area contributed by atoms with E-state index in [0.717, 1.165) is 16.9 Å². The zero-order valence-corrected chi connectivity index (χ0v) is 10.1. The smallest absolute Gasteiger partial charge is 0.119 e. The van der Waals surface area contributed by atoms with E-state index in [9.17, 15) is 0 Å². The molecule has 0 atom stereocenters. The van der Waals surface area contributed by atoms with E-state index in [4.69, 9.17) is 10.5 Å². The summed E-state index contributed by atoms with van der Waals surface area (Å²) < 4.78 is 5.68. The normalized spacial score (nSPS) is 9.39. The molecule has 0 aliphatic carbocycles. The van der Waals surface area contributed by atoms with Crippen molar-refractivity contribution >= 4 is 0 Å². The number of benzene rings is 2. The van der Waals surface area contributed by atoms with Crippen LogP contribution >= 0.6 is 0 Å². The first-order valence-corrected chi connectivity index (χ1v) is 5.84. The number of rotatable bonds is 3. The van der Waals surface area contributed by atoms with Gasteiger partial charge in [-0.05, 0) is 29.8 Å². The Bertz CT molecular complexity index is 552. The SMILES string of the molecule is NCC#Cc1cccc(COc2ccccc2)c1. The lowest BCUT2D eigenvalue weighted by Gasteiger charge is -2.06. The summed E-state index contributed by atoms with van der Waals surface area (Å²) in [6.45, 7) is 0.924. The number of nitrogens with two attached hydrogens (primary N) is 1. The molecule has 2 heteroatoms. The van der Waals surface area contributed by atoms with Gasteiger partial charge in [0.25, 0.3) is 0 Å². The summed E-state index contributed by atoms with van der Waals surface area (Å²) in [5.74, 6) is 6.73. The van der Waals surface area contributed by atoms with Crippen LogP contribution in [0.2, 0.25) is 0 Å². The van der Waals surface area contributed by atoms with E-state index in [0.29, 0.717) is 13.2 Å². The molecule has 2 rings (SSSR count). The van der Waals surface area contributed by atoms with Crippen LogP contribution in [0.1, 0.15) is 11.1 Å². The zero-order chi connectivity index (χ0) is 12.6. The first-order chi connectivity index (χ1) is 8.88. The summed E-state index contributed by atoms with van der Waals surface area (Å²) in [6, 6.07) is 17.8. The highest BCUT2D eigenvalue weighted by molar-refractivity contribution is 5.37. The topological polar surface area (TPSA) is 35.2 Å². The van der Waals surface area contributed by atoms with Crippen molar-refractivity contribution in [2.45, 2.75) is 6.61 Å². The van der Waals surface area contributed by atoms with E-state index in [2.05, 4.69) is 11.8 Å². The molecule has 2 nitrogen and oxygen atoms in total. The van der Waals surface area contributed by atoms with Crippen LogP contribution in [0.4, 0.5) is 0 Å². The van der Waals surface area contributed by atoms with Gasteiger partial charge in [-0.1, -0.05) is 42.2 Å². The summed E-state index contributed by atoms with van der Waals surface area (Å²) in [7, 11) is 0. The summed E-state index contributed by atoms with van der Waals surface area (Å²) in [5.41, 5.74) is 7.42. The quantitative estimate of drug-likeness (QED) is 0.833. The summed E-state index contributed by atoms with van der Waals surface area (Å²) in [6.07, 6.45) is 0. The van der Waals surface area contributed by atoms with Gasteiger partial charge < -0.3 is 10.5 Å². The van der Waals surface area contributed by atoms with Crippen molar-refractivity contribution in [3.05, 3.63) is 65.7 Å². The molecule has 0 bridgehead atoms. The van der Waals surface area contributed by atoms with E-state index in [1.165, 1.54) is 0 Å². The van der Waals surface area contributed by atoms with Crippen molar-refractivity contribution in [2.75, 3.05) is 6.54 Å². The highest BCUT2D eigenvalue weighted by Gasteiger charge is 1.96. The lowest BCUT2D eigenvalue weighted by atomic mass is 10.1. The molecular weight excluding hydrogens is 222 g/mol. The minimum absolute atomic E-state index is 0.380. The largest absolute Gasteiger partial charge is 0.489 e. The van der Waals surface area contributed by atoms with Crippen LogP contribution in [0, 0.1) is 11.8 Å². The van der Waals surface area contributed by atoms with Crippen LogP contribution < -0.4 is 10.5 Å². The molecule has 0 amide bonds. The first kappa shape index (κ1) is 12.2. The molecule has 18 heavy (non-hydrogen) atoms. The van der Waals surface area contributed by atoms with Crippen molar-refractivity contribution in [3.8, 4) is 17.6 Å². The van der Waals surface area contributed by atoms with E-state index in [-0.39, 0.29) is 0 Å². The molecular formula is C16H15NO. The average Bonchev–Trinajstić information content (AvgIpc) is 2.44. The fourth-order valence-electron chi connectivity index (χ4n) is 1.58. The molecule has 0 fully saturated rings. The molecule has 0 aliphatic heterocycles. The van der Waals surface area contributed by atoms with Crippen LogP contribution in [-0.2, 0) is 6.61 Å². The first-order valence-electron chi connectivity index (χ1n) is 5.84. The monoisotopic (exact) mass is 237 g/mol. The Balaban J connectivity index is 2.01. The summed E-state index contributed by atoms with van der Waals surface area (Å²) in [4.78, 5) is 0. The number of para-hydroxylation sites is 1. The molecule has 0 unspecified atom stereocenters. The Morgan fingerprint density at radius 3 is 2.61 bits per heavy atom. The molecule has 2 aromatic carbocycles. The Kier molecular flexibility index (Phi) is 4.40. The fraction of sp³-hybridized carbons (Fsp3) is 0.125. The molecule has 2 aromatic rings. The Hall–Kier alpha value is -2.24. The lowest BCUT2D eigenvalue weighted by Crippen LogP contribution is -1.96. The van der Waals surface area contributed by atoms with Gasteiger partial charge in [-0.15, -0.1) is 0 Å². The van der Waals surface area contributed by atoms with E-state index < -0.39 is 0 Å². The Morgan fingerprint density at radius 2 is 1.83 bits per heavy atom. The van der Waals surface area contributed by atoms with Crippen molar-refractivity contribution < 1.29 is 4.74 Å². The minimum Gasteiger partial charge on any atom is -0.489 e. The standard InChI is InChI=1S/C16H15NO/c17-11-5-8-14-6-4-7-15(12-14)13-18-16-9-2-1-3-10-16/h1-4,6-7,9-10,12H,11,13,17H2. The third-order valence-electron chi connectivity index (χ3n) is 2.41. The van der Waals surface area contributed by atoms with Crippen molar-refractivity contribution in [1.82, 2.24) is 0 Å². The van der Waals surface area contributed by atoms with Crippen molar-refractivity contribution in [2.24, 2.45) is 5.73 Å². The number of hydrogen-bond donors (Lipinski definition) is 1. The Morgan fingerprint density at radius 1 is 1.00 bits per heavy atom. The highest BCUT2D eigenvalue weighted by atomic mass is 16.5. The van der Waals surface area contributed by atoms with Gasteiger partial charge in [0.15, 0.2) is 0 Å². The summed E-state index contributed by atoms with van der Waals surface area (Å²) >= 11 is 0. The predicted molar refractivity (Wildman–Crippen MR) is 73.1 cm³/mol. The van der Waals surface area contributed by atoms with E-state index in [1.807, 2.05) is 54.6 Å². The van der Waals surface area contributed by atoms with Crippen LogP contribution in [0.25, 0.3) is 0 Å². The molecule has 0 spiro atoms. The third kappa shape index (κ3) is 3.65. The molecule has 2 N–H and O–H groups in total. The number of hydrogen-bond acceptors (Lipinski definition) is 2. The molecule has 0 aliphatic rings. The molecule has 0 saturated carbocycles. The molecule has 0 aromatic heterocycles. The third-order valence-corrected chi connectivity index (χ3v) is 2.41. The second-order valence-electron chi connectivity index (χ2n) is 3.81. The van der Waals surface area contributed by atoms with E-state index >= 15 is 0 Å². The van der Waals surface area contributed by atoms with Crippen LogP contribution in [0.5, 0.6) is 5.75 Å². The minimum atomic E-state index is 0.380. The van der Waals surface area contributed by atoms with Crippen LogP contribution in [0.3, 0.4) is 0 Å². The molecule has 0 heterocycles. The van der Waals surface area contributed by atoms with Crippen LogP contribution in [0.15, 0.2) is 54.6 Å². The van der Waals surface area contributed by atoms with Crippen LogP contribution in [-0.4, -0.2) is 6.54 Å². The van der Waals surface area contributed by atoms with Crippen molar-refractivity contribution in [1.29, 1.82) is 0 Å². The lowest BCUT2D eigenvalue weighted by molar-refractivity contribution is 0.306. The van der Waals surface area contributed by atoms with Crippen molar-refractivity contribution in [3.63, 3.8) is 0 Å². The maximum absolute atomic E-state index is 5.68. The highest BCUT2D eigenvalue weighted by Crippen LogP contribution is 2.12. The van der Waals surface area contributed by atoms with Gasteiger partial charge in [0, 0.05) is 5.56 Å². The second kappa shape index (κ2) is 6.48. The zero-order valence-electron chi connectivity index (χ0n) is 10.1. The fourth-order valence-corrected chi connectivity index (χ4v) is 1.58.